The molecule has 0 N–H and O–H groups in total. The summed E-state index contributed by atoms with van der Waals surface area (Å²) in [7, 11) is -1.56. The van der Waals surface area contributed by atoms with Crippen molar-refractivity contribution in [1.82, 2.24) is 10.1 Å². The molecule has 0 saturated carbocycles. The molecule has 25 heavy (non-hydrogen) atoms. The van der Waals surface area contributed by atoms with Crippen molar-refractivity contribution in [2.24, 2.45) is 0 Å². The molecule has 3 rings (SSSR count). The summed E-state index contributed by atoms with van der Waals surface area (Å²) < 4.78 is 33.9. The second-order valence-corrected chi connectivity index (χ2v) is 8.22. The fourth-order valence-electron chi connectivity index (χ4n) is 2.92. The lowest BCUT2D eigenvalue weighted by Crippen LogP contribution is -2.43. The Morgan fingerprint density at radius 3 is 2.76 bits per heavy atom. The Labute approximate surface area is 146 Å². The van der Waals surface area contributed by atoms with Gasteiger partial charge >= 0.3 is 0 Å². The molecule has 7 nitrogen and oxygen atoms in total. The average Bonchev–Trinajstić information content (AvgIpc) is 3.23. The van der Waals surface area contributed by atoms with Gasteiger partial charge in [-0.25, -0.2) is 8.42 Å². The highest BCUT2D eigenvalue weighted by Gasteiger charge is 2.35. The first-order valence-corrected chi connectivity index (χ1v) is 9.85. The number of hydrogen-bond acceptors (Lipinski definition) is 6. The van der Waals surface area contributed by atoms with Crippen molar-refractivity contribution in [3.63, 3.8) is 0 Å². The molecule has 1 atom stereocenters. The fourth-order valence-corrected chi connectivity index (χ4v) is 4.65. The third-order valence-electron chi connectivity index (χ3n) is 4.23. The topological polar surface area (TPSA) is 89.7 Å². The molecule has 1 aromatic heterocycles. The Balaban J connectivity index is 1.81. The van der Waals surface area contributed by atoms with E-state index in [0.717, 1.165) is 5.56 Å². The van der Waals surface area contributed by atoms with E-state index in [1.807, 2.05) is 30.3 Å². The molecule has 1 aliphatic heterocycles. The SMILES string of the molecule is COCCN(C(=O)c1cc(-c2ccccc2)on1)C1CCS(=O)(=O)C1. The van der Waals surface area contributed by atoms with E-state index in [1.165, 1.54) is 12.0 Å². The Morgan fingerprint density at radius 2 is 2.12 bits per heavy atom. The Kier molecular flexibility index (Phi) is 5.19. The summed E-state index contributed by atoms with van der Waals surface area (Å²) in [5.41, 5.74) is 0.986. The number of rotatable bonds is 6. The summed E-state index contributed by atoms with van der Waals surface area (Å²) in [6.45, 7) is 0.634. The Morgan fingerprint density at radius 1 is 1.36 bits per heavy atom. The summed E-state index contributed by atoms with van der Waals surface area (Å²) in [5, 5.41) is 3.87. The molecule has 2 aromatic rings. The van der Waals surface area contributed by atoms with Gasteiger partial charge in [0.2, 0.25) is 0 Å². The normalized spacial score (nSPS) is 19.0. The minimum absolute atomic E-state index is 0.0220. The smallest absolute Gasteiger partial charge is 0.276 e. The standard InChI is InChI=1S/C17H20N2O5S/c1-23-9-8-19(14-7-10-25(21,22)12-14)17(20)15-11-16(24-18-15)13-5-3-2-4-6-13/h2-6,11,14H,7-10,12H2,1H3. The van der Waals surface area contributed by atoms with Gasteiger partial charge in [-0.3, -0.25) is 4.79 Å². The first kappa shape index (κ1) is 17.6. The van der Waals surface area contributed by atoms with Crippen LogP contribution < -0.4 is 0 Å². The molecule has 0 radical (unpaired) electrons. The highest BCUT2D eigenvalue weighted by Crippen LogP contribution is 2.23. The van der Waals surface area contributed by atoms with Crippen LogP contribution in [0.4, 0.5) is 0 Å². The second-order valence-electron chi connectivity index (χ2n) is 5.99. The van der Waals surface area contributed by atoms with Gasteiger partial charge in [-0.2, -0.15) is 0 Å². The van der Waals surface area contributed by atoms with Crippen molar-refractivity contribution in [1.29, 1.82) is 0 Å². The number of hydrogen-bond donors (Lipinski definition) is 0. The van der Waals surface area contributed by atoms with Gasteiger partial charge in [-0.05, 0) is 6.42 Å². The van der Waals surface area contributed by atoms with E-state index in [1.54, 1.807) is 6.07 Å². The summed E-state index contributed by atoms with van der Waals surface area (Å²) in [6, 6.07) is 10.6. The monoisotopic (exact) mass is 364 g/mol. The number of benzene rings is 1. The van der Waals surface area contributed by atoms with Crippen LogP contribution >= 0.6 is 0 Å². The molecule has 1 unspecified atom stereocenters. The molecule has 8 heteroatoms. The Hall–Kier alpha value is -2.19. The predicted molar refractivity (Wildman–Crippen MR) is 91.9 cm³/mol. The van der Waals surface area contributed by atoms with E-state index < -0.39 is 9.84 Å². The molecular formula is C17H20N2O5S. The van der Waals surface area contributed by atoms with Crippen molar-refractivity contribution in [3.05, 3.63) is 42.1 Å². The molecule has 134 valence electrons. The van der Waals surface area contributed by atoms with Gasteiger partial charge in [0.15, 0.2) is 21.3 Å². The lowest BCUT2D eigenvalue weighted by molar-refractivity contribution is 0.0614. The second kappa shape index (κ2) is 7.37. The molecule has 0 aliphatic carbocycles. The highest BCUT2D eigenvalue weighted by molar-refractivity contribution is 7.91. The van der Waals surface area contributed by atoms with Gasteiger partial charge in [0.1, 0.15) is 0 Å². The first-order valence-electron chi connectivity index (χ1n) is 8.02. The lowest BCUT2D eigenvalue weighted by atomic mass is 10.1. The quantitative estimate of drug-likeness (QED) is 0.774. The number of amides is 1. The summed E-state index contributed by atoms with van der Waals surface area (Å²) in [5.74, 6) is 0.230. The van der Waals surface area contributed by atoms with Gasteiger partial charge in [0.05, 0.1) is 18.1 Å². The number of methoxy groups -OCH3 is 1. The number of aromatic nitrogens is 1. The zero-order chi connectivity index (χ0) is 17.9. The van der Waals surface area contributed by atoms with Gasteiger partial charge in [-0.15, -0.1) is 0 Å². The van der Waals surface area contributed by atoms with Crippen LogP contribution in [0.2, 0.25) is 0 Å². The zero-order valence-electron chi connectivity index (χ0n) is 13.9. The van der Waals surface area contributed by atoms with Crippen molar-refractivity contribution >= 4 is 15.7 Å². The maximum atomic E-state index is 12.8. The molecule has 1 saturated heterocycles. The predicted octanol–water partition coefficient (Wildman–Crippen LogP) is 1.62. The van der Waals surface area contributed by atoms with Crippen LogP contribution in [0.5, 0.6) is 0 Å². The molecule has 0 spiro atoms. The number of nitrogens with zero attached hydrogens (tertiary/aromatic N) is 2. The van der Waals surface area contributed by atoms with Gasteiger partial charge in [-0.1, -0.05) is 35.5 Å². The zero-order valence-corrected chi connectivity index (χ0v) is 14.7. The van der Waals surface area contributed by atoms with Crippen molar-refractivity contribution in [3.8, 4) is 11.3 Å². The van der Waals surface area contributed by atoms with Crippen LogP contribution in [0.1, 0.15) is 16.9 Å². The Bertz CT molecular complexity index is 832. The fraction of sp³-hybridized carbons (Fsp3) is 0.412. The van der Waals surface area contributed by atoms with E-state index in [0.29, 0.717) is 25.3 Å². The van der Waals surface area contributed by atoms with E-state index in [2.05, 4.69) is 5.16 Å². The van der Waals surface area contributed by atoms with Gasteiger partial charge in [0, 0.05) is 31.3 Å². The van der Waals surface area contributed by atoms with Gasteiger partial charge in [0.25, 0.3) is 5.91 Å². The van der Waals surface area contributed by atoms with E-state index >= 15 is 0 Å². The third-order valence-corrected chi connectivity index (χ3v) is 5.98. The minimum Gasteiger partial charge on any atom is -0.383 e. The molecule has 1 aliphatic rings. The summed E-state index contributed by atoms with van der Waals surface area (Å²) in [6.07, 6.45) is 0.432. The van der Waals surface area contributed by atoms with Crippen LogP contribution in [0, 0.1) is 0 Å². The molecule has 1 fully saturated rings. The summed E-state index contributed by atoms with van der Waals surface area (Å²) in [4.78, 5) is 14.4. The maximum Gasteiger partial charge on any atom is 0.276 e. The number of sulfone groups is 1. The largest absolute Gasteiger partial charge is 0.383 e. The van der Waals surface area contributed by atoms with E-state index in [-0.39, 0.29) is 29.1 Å². The third kappa shape index (κ3) is 4.08. The minimum atomic E-state index is -3.10. The van der Waals surface area contributed by atoms with Gasteiger partial charge < -0.3 is 14.2 Å². The average molecular weight is 364 g/mol. The molecule has 1 aromatic carbocycles. The number of ether oxygens (including phenoxy) is 1. The molecule has 0 bridgehead atoms. The van der Waals surface area contributed by atoms with Crippen LogP contribution in [-0.4, -0.2) is 62.2 Å². The van der Waals surface area contributed by atoms with Crippen molar-refractivity contribution < 1.29 is 22.5 Å². The number of carbonyl (C=O) groups is 1. The molecular weight excluding hydrogens is 344 g/mol. The molecule has 2 heterocycles. The van der Waals surface area contributed by atoms with Crippen molar-refractivity contribution in [2.45, 2.75) is 12.5 Å². The molecule has 1 amide bonds. The van der Waals surface area contributed by atoms with Crippen LogP contribution in [0.25, 0.3) is 11.3 Å². The van der Waals surface area contributed by atoms with Crippen LogP contribution in [0.15, 0.2) is 40.9 Å². The van der Waals surface area contributed by atoms with Crippen LogP contribution in [-0.2, 0) is 14.6 Å². The summed E-state index contributed by atoms with van der Waals surface area (Å²) >= 11 is 0. The maximum absolute atomic E-state index is 12.8. The number of carbonyl (C=O) groups excluding carboxylic acids is 1. The lowest BCUT2D eigenvalue weighted by Gasteiger charge is -2.27. The first-order chi connectivity index (χ1) is 12.0. The van der Waals surface area contributed by atoms with E-state index in [9.17, 15) is 13.2 Å². The highest BCUT2D eigenvalue weighted by atomic mass is 32.2. The van der Waals surface area contributed by atoms with E-state index in [4.69, 9.17) is 9.26 Å². The van der Waals surface area contributed by atoms with Crippen LogP contribution in [0.3, 0.4) is 0 Å². The van der Waals surface area contributed by atoms with Crippen molar-refractivity contribution in [2.75, 3.05) is 31.8 Å².